The molecule has 1 amide bonds. The van der Waals surface area contributed by atoms with Gasteiger partial charge in [-0.2, -0.15) is 0 Å². The normalized spacial score (nSPS) is 11.4. The third kappa shape index (κ3) is 5.33. The summed E-state index contributed by atoms with van der Waals surface area (Å²) in [7, 11) is 0. The number of hydrogen-bond acceptors (Lipinski definition) is 3. The number of benzene rings is 1. The van der Waals surface area contributed by atoms with Crippen molar-refractivity contribution in [3.8, 4) is 11.1 Å². The molecule has 0 aliphatic carbocycles. The van der Waals surface area contributed by atoms with Crippen molar-refractivity contribution in [2.45, 2.75) is 32.9 Å². The highest BCUT2D eigenvalue weighted by Crippen LogP contribution is 2.25. The standard InChI is InChI=1S/C17H22N2OS/c1-17(2,3)19-16(20)11-18-10-15-9-14(12-21-15)13-7-5-4-6-8-13/h4-9,12,18H,10-11H2,1-3H3,(H,19,20). The molecule has 0 aliphatic heterocycles. The van der Waals surface area contributed by atoms with E-state index in [1.54, 1.807) is 11.3 Å². The van der Waals surface area contributed by atoms with Crippen LogP contribution in [0.4, 0.5) is 0 Å². The van der Waals surface area contributed by atoms with Gasteiger partial charge in [0, 0.05) is 17.0 Å². The van der Waals surface area contributed by atoms with Crippen LogP contribution >= 0.6 is 11.3 Å². The summed E-state index contributed by atoms with van der Waals surface area (Å²) in [5, 5.41) is 8.28. The fraction of sp³-hybridized carbons (Fsp3) is 0.353. The molecule has 2 aromatic rings. The van der Waals surface area contributed by atoms with E-state index in [-0.39, 0.29) is 11.4 Å². The lowest BCUT2D eigenvalue weighted by Crippen LogP contribution is -2.44. The Morgan fingerprint density at radius 1 is 1.14 bits per heavy atom. The second kappa shape index (κ2) is 6.87. The number of rotatable bonds is 5. The Balaban J connectivity index is 1.83. The minimum Gasteiger partial charge on any atom is -0.350 e. The number of nitrogens with one attached hydrogen (secondary N) is 2. The second-order valence-electron chi connectivity index (χ2n) is 6.07. The van der Waals surface area contributed by atoms with E-state index in [9.17, 15) is 4.79 Å². The summed E-state index contributed by atoms with van der Waals surface area (Å²) < 4.78 is 0. The molecule has 3 nitrogen and oxygen atoms in total. The third-order valence-corrected chi connectivity index (χ3v) is 3.80. The minimum atomic E-state index is -0.178. The second-order valence-corrected chi connectivity index (χ2v) is 7.07. The molecule has 21 heavy (non-hydrogen) atoms. The molecule has 0 bridgehead atoms. The Kier molecular flexibility index (Phi) is 5.15. The fourth-order valence-corrected chi connectivity index (χ4v) is 2.88. The van der Waals surface area contributed by atoms with E-state index < -0.39 is 0 Å². The van der Waals surface area contributed by atoms with E-state index in [1.165, 1.54) is 16.0 Å². The van der Waals surface area contributed by atoms with Gasteiger partial charge < -0.3 is 10.6 Å². The number of carbonyl (C=O) groups is 1. The van der Waals surface area contributed by atoms with E-state index in [2.05, 4.69) is 34.2 Å². The van der Waals surface area contributed by atoms with Crippen LogP contribution in [0.3, 0.4) is 0 Å². The first-order chi connectivity index (χ1) is 9.94. The van der Waals surface area contributed by atoms with E-state index in [0.717, 1.165) is 6.54 Å². The van der Waals surface area contributed by atoms with Crippen LogP contribution in [0.25, 0.3) is 11.1 Å². The van der Waals surface area contributed by atoms with Crippen LogP contribution in [0.2, 0.25) is 0 Å². The van der Waals surface area contributed by atoms with Gasteiger partial charge in [0.2, 0.25) is 5.91 Å². The van der Waals surface area contributed by atoms with Gasteiger partial charge >= 0.3 is 0 Å². The van der Waals surface area contributed by atoms with Crippen molar-refractivity contribution in [3.05, 3.63) is 46.7 Å². The van der Waals surface area contributed by atoms with Crippen molar-refractivity contribution in [3.63, 3.8) is 0 Å². The molecule has 1 aromatic carbocycles. The molecule has 0 saturated carbocycles. The summed E-state index contributed by atoms with van der Waals surface area (Å²) in [5.74, 6) is 0.0299. The molecular weight excluding hydrogens is 280 g/mol. The van der Waals surface area contributed by atoms with Crippen LogP contribution in [0.5, 0.6) is 0 Å². The summed E-state index contributed by atoms with van der Waals surface area (Å²) in [6.45, 7) is 7.01. The largest absolute Gasteiger partial charge is 0.350 e. The highest BCUT2D eigenvalue weighted by molar-refractivity contribution is 7.10. The van der Waals surface area contributed by atoms with Crippen LogP contribution in [-0.4, -0.2) is 18.0 Å². The lowest BCUT2D eigenvalue weighted by Gasteiger charge is -2.20. The minimum absolute atomic E-state index is 0.0299. The van der Waals surface area contributed by atoms with E-state index in [4.69, 9.17) is 0 Å². The van der Waals surface area contributed by atoms with Crippen LogP contribution in [0, 0.1) is 0 Å². The van der Waals surface area contributed by atoms with E-state index in [0.29, 0.717) is 6.54 Å². The predicted molar refractivity (Wildman–Crippen MR) is 89.4 cm³/mol. The Morgan fingerprint density at radius 3 is 2.52 bits per heavy atom. The zero-order valence-electron chi connectivity index (χ0n) is 12.8. The first-order valence-electron chi connectivity index (χ1n) is 7.08. The molecule has 1 heterocycles. The van der Waals surface area contributed by atoms with Gasteiger partial charge in [0.05, 0.1) is 6.54 Å². The molecule has 0 unspecified atom stereocenters. The van der Waals surface area contributed by atoms with E-state index >= 15 is 0 Å². The maximum absolute atomic E-state index is 11.7. The zero-order valence-corrected chi connectivity index (χ0v) is 13.6. The first-order valence-corrected chi connectivity index (χ1v) is 7.96. The van der Waals surface area contributed by atoms with Crippen molar-refractivity contribution in [2.75, 3.05) is 6.54 Å². The van der Waals surface area contributed by atoms with Gasteiger partial charge in [-0.15, -0.1) is 11.3 Å². The quantitative estimate of drug-likeness (QED) is 0.888. The smallest absolute Gasteiger partial charge is 0.234 e. The SMILES string of the molecule is CC(C)(C)NC(=O)CNCc1cc(-c2ccccc2)cs1. The molecule has 0 radical (unpaired) electrons. The average molecular weight is 302 g/mol. The number of carbonyl (C=O) groups excluding carboxylic acids is 1. The summed E-state index contributed by atoms with van der Waals surface area (Å²) in [5.41, 5.74) is 2.28. The molecule has 4 heteroatoms. The summed E-state index contributed by atoms with van der Waals surface area (Å²) in [6.07, 6.45) is 0. The Morgan fingerprint density at radius 2 is 1.86 bits per heavy atom. The van der Waals surface area contributed by atoms with Crippen molar-refractivity contribution in [2.24, 2.45) is 0 Å². The topological polar surface area (TPSA) is 41.1 Å². The van der Waals surface area contributed by atoms with Crippen molar-refractivity contribution in [1.29, 1.82) is 0 Å². The van der Waals surface area contributed by atoms with Gasteiger partial charge in [-0.3, -0.25) is 4.79 Å². The first kappa shape index (κ1) is 15.7. The number of amides is 1. The zero-order chi connectivity index (χ0) is 15.3. The number of thiophene rings is 1. The van der Waals surface area contributed by atoms with Crippen LogP contribution in [0.1, 0.15) is 25.6 Å². The fourth-order valence-electron chi connectivity index (χ4n) is 2.02. The molecule has 1 aromatic heterocycles. The van der Waals surface area contributed by atoms with Crippen LogP contribution in [-0.2, 0) is 11.3 Å². The molecule has 0 saturated heterocycles. The molecule has 2 N–H and O–H groups in total. The lowest BCUT2D eigenvalue weighted by molar-refractivity contribution is -0.121. The number of hydrogen-bond donors (Lipinski definition) is 2. The molecule has 112 valence electrons. The van der Waals surface area contributed by atoms with Gasteiger partial charge in [0.25, 0.3) is 0 Å². The Hall–Kier alpha value is -1.65. The van der Waals surface area contributed by atoms with Gasteiger partial charge in [0.15, 0.2) is 0 Å². The average Bonchev–Trinajstić information content (AvgIpc) is 2.86. The molecular formula is C17H22N2OS. The van der Waals surface area contributed by atoms with Gasteiger partial charge in [-0.1, -0.05) is 30.3 Å². The highest BCUT2D eigenvalue weighted by Gasteiger charge is 2.13. The van der Waals surface area contributed by atoms with Crippen LogP contribution < -0.4 is 10.6 Å². The lowest BCUT2D eigenvalue weighted by atomic mass is 10.1. The van der Waals surface area contributed by atoms with Gasteiger partial charge in [-0.25, -0.2) is 0 Å². The maximum Gasteiger partial charge on any atom is 0.234 e. The summed E-state index contributed by atoms with van der Waals surface area (Å²) in [4.78, 5) is 12.9. The van der Waals surface area contributed by atoms with Gasteiger partial charge in [0.1, 0.15) is 0 Å². The Bertz CT molecular complexity index is 584. The highest BCUT2D eigenvalue weighted by atomic mass is 32.1. The summed E-state index contributed by atoms with van der Waals surface area (Å²) in [6, 6.07) is 12.5. The van der Waals surface area contributed by atoms with Crippen molar-refractivity contribution >= 4 is 17.2 Å². The molecule has 0 atom stereocenters. The van der Waals surface area contributed by atoms with Gasteiger partial charge in [-0.05, 0) is 43.3 Å². The van der Waals surface area contributed by atoms with E-state index in [1.807, 2.05) is 39.0 Å². The molecule has 0 spiro atoms. The van der Waals surface area contributed by atoms with Crippen molar-refractivity contribution in [1.82, 2.24) is 10.6 Å². The van der Waals surface area contributed by atoms with Crippen LogP contribution in [0.15, 0.2) is 41.8 Å². The summed E-state index contributed by atoms with van der Waals surface area (Å²) >= 11 is 1.71. The third-order valence-electron chi connectivity index (χ3n) is 2.86. The molecule has 0 fully saturated rings. The Labute approximate surface area is 130 Å². The molecule has 0 aliphatic rings. The van der Waals surface area contributed by atoms with Crippen molar-refractivity contribution < 1.29 is 4.79 Å². The predicted octanol–water partition coefficient (Wildman–Crippen LogP) is 3.42. The monoisotopic (exact) mass is 302 g/mol. The maximum atomic E-state index is 11.7. The molecule has 2 rings (SSSR count).